The Morgan fingerprint density at radius 3 is 2.47 bits per heavy atom. The van der Waals surface area contributed by atoms with Crippen LogP contribution in [0.15, 0.2) is 35.2 Å². The van der Waals surface area contributed by atoms with Gasteiger partial charge < -0.3 is 21.3 Å². The summed E-state index contributed by atoms with van der Waals surface area (Å²) in [6.45, 7) is -0.600. The molecule has 2 rings (SSSR count). The first-order valence-corrected chi connectivity index (χ1v) is 8.50. The molecule has 1 heterocycles. The van der Waals surface area contributed by atoms with E-state index in [0.29, 0.717) is 12.1 Å². The lowest BCUT2D eigenvalue weighted by atomic mass is 10.2. The van der Waals surface area contributed by atoms with Gasteiger partial charge >= 0.3 is 0 Å². The Balaban J connectivity index is 2.09. The predicted molar refractivity (Wildman–Crippen MR) is 104 cm³/mol. The van der Waals surface area contributed by atoms with Gasteiger partial charge in [0.2, 0.25) is 11.9 Å². The average Bonchev–Trinajstić information content (AvgIpc) is 2.68. The molecule has 1 amide bonds. The van der Waals surface area contributed by atoms with Crippen molar-refractivity contribution in [3.05, 3.63) is 59.1 Å². The summed E-state index contributed by atoms with van der Waals surface area (Å²) in [5, 5.41) is 5.09. The predicted octanol–water partition coefficient (Wildman–Crippen LogP) is 2.02. The molecule has 0 saturated heterocycles. The Kier molecular flexibility index (Phi) is 7.67. The third-order valence-electron chi connectivity index (χ3n) is 3.67. The number of carbonyl (C=O) groups excluding carboxylic acids is 1. The molecule has 8 nitrogen and oxygen atoms in total. The second-order valence-electron chi connectivity index (χ2n) is 6.10. The first kappa shape index (κ1) is 22.6. The zero-order chi connectivity index (χ0) is 22.3. The molecule has 4 N–H and O–H groups in total. The Bertz CT molecular complexity index is 956. The normalized spacial score (nSPS) is 11.6. The number of nitrogens with one attached hydrogen (secondary N) is 2. The second-order valence-corrected chi connectivity index (χ2v) is 6.10. The van der Waals surface area contributed by atoms with Crippen LogP contribution in [0.4, 0.5) is 29.3 Å². The van der Waals surface area contributed by atoms with Crippen molar-refractivity contribution in [3.8, 4) is 0 Å². The van der Waals surface area contributed by atoms with Gasteiger partial charge in [0.05, 0.1) is 11.9 Å². The van der Waals surface area contributed by atoms with Gasteiger partial charge in [0.25, 0.3) is 0 Å². The topological polar surface area (TPSA) is 109 Å². The highest BCUT2D eigenvalue weighted by molar-refractivity contribution is 5.85. The molecule has 0 fully saturated rings. The largest absolute Gasteiger partial charge is 0.403 e. The number of hydrogen-bond donors (Lipinski definition) is 3. The fourth-order valence-electron chi connectivity index (χ4n) is 2.07. The molecule has 0 bridgehead atoms. The van der Waals surface area contributed by atoms with Crippen molar-refractivity contribution in [2.45, 2.75) is 6.54 Å². The summed E-state index contributed by atoms with van der Waals surface area (Å²) in [4.78, 5) is 24.4. The van der Waals surface area contributed by atoms with E-state index in [-0.39, 0.29) is 29.9 Å². The van der Waals surface area contributed by atoms with Crippen molar-refractivity contribution in [2.24, 2.45) is 10.7 Å². The van der Waals surface area contributed by atoms with Gasteiger partial charge in [0.1, 0.15) is 24.0 Å². The highest BCUT2D eigenvalue weighted by Crippen LogP contribution is 2.18. The molecule has 0 aliphatic rings. The lowest BCUT2D eigenvalue weighted by Crippen LogP contribution is -2.24. The fourth-order valence-corrected chi connectivity index (χ4v) is 2.07. The molecule has 0 aliphatic heterocycles. The molecule has 160 valence electrons. The number of halogens is 4. The standard InChI is InChI=1S/C18H19F4N7O/c1-29(2)16(30)9-24-6-11(5-23)27-18-26-8-15(22)17(28-18)25-7-12-13(20)3-10(19)4-14(12)21/h3-6,8H,7,9,23H2,1-2H3,(H2,25,26,27,28). The maximum Gasteiger partial charge on any atom is 0.243 e. The van der Waals surface area contributed by atoms with Crippen molar-refractivity contribution < 1.29 is 22.4 Å². The SMILES string of the molecule is CN(C)C(=O)CN=CC(=CN)Nc1ncc(F)c(NCc2c(F)cc(F)cc2F)n1. The molecule has 2 aromatic rings. The molecule has 0 radical (unpaired) electrons. The van der Waals surface area contributed by atoms with E-state index in [1.165, 1.54) is 11.1 Å². The summed E-state index contributed by atoms with van der Waals surface area (Å²) in [6.07, 6.45) is 3.23. The minimum Gasteiger partial charge on any atom is -0.403 e. The number of likely N-dealkylation sites (N-methyl/N-ethyl adjacent to an activating group) is 1. The van der Waals surface area contributed by atoms with Gasteiger partial charge in [-0.3, -0.25) is 9.79 Å². The van der Waals surface area contributed by atoms with Crippen LogP contribution in [0.5, 0.6) is 0 Å². The number of aliphatic imine (C=N–C) groups is 1. The number of carbonyl (C=O) groups is 1. The third-order valence-corrected chi connectivity index (χ3v) is 3.67. The van der Waals surface area contributed by atoms with Crippen LogP contribution in [0.3, 0.4) is 0 Å². The first-order chi connectivity index (χ1) is 14.2. The van der Waals surface area contributed by atoms with Gasteiger partial charge in [-0.2, -0.15) is 4.98 Å². The van der Waals surface area contributed by atoms with Gasteiger partial charge in [0, 0.05) is 50.8 Å². The maximum atomic E-state index is 14.0. The molecule has 0 spiro atoms. The number of amides is 1. The van der Waals surface area contributed by atoms with Crippen LogP contribution < -0.4 is 16.4 Å². The van der Waals surface area contributed by atoms with E-state index in [1.807, 2.05) is 0 Å². The van der Waals surface area contributed by atoms with Gasteiger partial charge in [-0.15, -0.1) is 0 Å². The second kappa shape index (κ2) is 10.2. The number of nitrogens with two attached hydrogens (primary N) is 1. The Hall–Kier alpha value is -3.70. The lowest BCUT2D eigenvalue weighted by molar-refractivity contribution is -0.127. The van der Waals surface area contributed by atoms with Crippen molar-refractivity contribution in [1.82, 2.24) is 14.9 Å². The van der Waals surface area contributed by atoms with Gasteiger partial charge in [-0.05, 0) is 0 Å². The van der Waals surface area contributed by atoms with Crippen LogP contribution in [-0.2, 0) is 11.3 Å². The van der Waals surface area contributed by atoms with Crippen LogP contribution in [0.2, 0.25) is 0 Å². The molecule has 0 atom stereocenters. The monoisotopic (exact) mass is 425 g/mol. The van der Waals surface area contributed by atoms with E-state index < -0.39 is 35.4 Å². The van der Waals surface area contributed by atoms with Crippen LogP contribution >= 0.6 is 0 Å². The van der Waals surface area contributed by atoms with Crippen molar-refractivity contribution in [2.75, 3.05) is 31.3 Å². The maximum absolute atomic E-state index is 14.0. The molecular formula is C18H19F4N7O. The van der Waals surface area contributed by atoms with Crippen LogP contribution in [0, 0.1) is 23.3 Å². The van der Waals surface area contributed by atoms with Crippen LogP contribution in [-0.4, -0.2) is 47.6 Å². The molecule has 0 unspecified atom stereocenters. The van der Waals surface area contributed by atoms with Crippen molar-refractivity contribution in [1.29, 1.82) is 0 Å². The van der Waals surface area contributed by atoms with Gasteiger partial charge in [-0.1, -0.05) is 0 Å². The van der Waals surface area contributed by atoms with E-state index >= 15 is 0 Å². The number of allylic oxidation sites excluding steroid dienone is 1. The summed E-state index contributed by atoms with van der Waals surface area (Å²) >= 11 is 0. The Morgan fingerprint density at radius 1 is 1.20 bits per heavy atom. The zero-order valence-electron chi connectivity index (χ0n) is 16.1. The van der Waals surface area contributed by atoms with Crippen molar-refractivity contribution >= 4 is 23.9 Å². The Morgan fingerprint density at radius 2 is 1.87 bits per heavy atom. The quantitative estimate of drug-likeness (QED) is 0.441. The highest BCUT2D eigenvalue weighted by Gasteiger charge is 2.14. The summed E-state index contributed by atoms with van der Waals surface area (Å²) < 4.78 is 54.4. The van der Waals surface area contributed by atoms with E-state index in [1.54, 1.807) is 14.1 Å². The molecule has 12 heteroatoms. The molecular weight excluding hydrogens is 406 g/mol. The number of rotatable bonds is 8. The number of benzene rings is 1. The minimum absolute atomic E-state index is 0.0963. The molecule has 1 aromatic heterocycles. The summed E-state index contributed by atoms with van der Waals surface area (Å²) in [5.41, 5.74) is 5.21. The molecule has 0 saturated carbocycles. The fraction of sp³-hybridized carbons (Fsp3) is 0.222. The molecule has 0 aliphatic carbocycles. The average molecular weight is 425 g/mol. The van der Waals surface area contributed by atoms with Gasteiger partial charge in [0.15, 0.2) is 11.6 Å². The van der Waals surface area contributed by atoms with E-state index in [4.69, 9.17) is 5.73 Å². The van der Waals surface area contributed by atoms with Crippen LogP contribution in [0.1, 0.15) is 5.56 Å². The summed E-state index contributed by atoms with van der Waals surface area (Å²) in [6, 6.07) is 1.03. The smallest absolute Gasteiger partial charge is 0.243 e. The molecule has 30 heavy (non-hydrogen) atoms. The van der Waals surface area contributed by atoms with Crippen molar-refractivity contribution in [3.63, 3.8) is 0 Å². The highest BCUT2D eigenvalue weighted by atomic mass is 19.1. The Labute approximate surface area is 169 Å². The van der Waals surface area contributed by atoms with E-state index in [2.05, 4.69) is 25.6 Å². The van der Waals surface area contributed by atoms with E-state index in [0.717, 1.165) is 12.4 Å². The number of aromatic nitrogens is 2. The third kappa shape index (κ3) is 6.15. The van der Waals surface area contributed by atoms with E-state index in [9.17, 15) is 22.4 Å². The zero-order valence-corrected chi connectivity index (χ0v) is 16.1. The van der Waals surface area contributed by atoms with Gasteiger partial charge in [-0.25, -0.2) is 22.5 Å². The number of anilines is 2. The summed E-state index contributed by atoms with van der Waals surface area (Å²) in [5.74, 6) is -4.87. The van der Waals surface area contributed by atoms with Crippen LogP contribution in [0.25, 0.3) is 0 Å². The first-order valence-electron chi connectivity index (χ1n) is 8.50. The lowest BCUT2D eigenvalue weighted by Gasteiger charge is -2.11. The summed E-state index contributed by atoms with van der Waals surface area (Å²) in [7, 11) is 3.17. The number of nitrogens with zero attached hydrogens (tertiary/aromatic N) is 4. The molecule has 1 aromatic carbocycles. The number of hydrogen-bond acceptors (Lipinski definition) is 7. The minimum atomic E-state index is -1.12.